The van der Waals surface area contributed by atoms with E-state index in [0.717, 1.165) is 18.2 Å². The maximum atomic E-state index is 12.1. The molecule has 27 heavy (non-hydrogen) atoms. The monoisotopic (exact) mass is 400 g/mol. The number of sulfone groups is 1. The topological polar surface area (TPSA) is 144 Å². The SMILES string of the molecule is O=C(O)c1ccc([N+](=O)[O-])cc1C(=O)OCCCCN1CCS(=O)(=O)CC1. The zero-order valence-electron chi connectivity index (χ0n) is 14.5. The molecule has 1 fully saturated rings. The van der Waals surface area contributed by atoms with Gasteiger partial charge in [0.05, 0.1) is 34.2 Å². The van der Waals surface area contributed by atoms with Gasteiger partial charge in [-0.15, -0.1) is 0 Å². The molecule has 0 spiro atoms. The molecule has 1 aromatic rings. The molecule has 2 rings (SSSR count). The fourth-order valence-corrected chi connectivity index (χ4v) is 3.93. The number of hydrogen-bond donors (Lipinski definition) is 1. The van der Waals surface area contributed by atoms with Gasteiger partial charge in [0.2, 0.25) is 0 Å². The number of carboxylic acid groups (broad SMARTS) is 1. The minimum Gasteiger partial charge on any atom is -0.478 e. The maximum absolute atomic E-state index is 12.1. The Bertz CT molecular complexity index is 823. The summed E-state index contributed by atoms with van der Waals surface area (Å²) in [4.78, 5) is 35.4. The number of nitro benzene ring substituents is 1. The lowest BCUT2D eigenvalue weighted by atomic mass is 10.1. The van der Waals surface area contributed by atoms with Crippen LogP contribution in [0.4, 0.5) is 5.69 Å². The van der Waals surface area contributed by atoms with Gasteiger partial charge in [-0.05, 0) is 25.5 Å². The molecule has 0 radical (unpaired) electrons. The van der Waals surface area contributed by atoms with Crippen LogP contribution in [0.5, 0.6) is 0 Å². The van der Waals surface area contributed by atoms with E-state index in [0.29, 0.717) is 32.5 Å². The molecule has 0 amide bonds. The minimum atomic E-state index is -2.92. The Morgan fingerprint density at radius 2 is 1.85 bits per heavy atom. The Morgan fingerprint density at radius 1 is 1.19 bits per heavy atom. The zero-order chi connectivity index (χ0) is 20.0. The van der Waals surface area contributed by atoms with Gasteiger partial charge < -0.3 is 14.7 Å². The van der Waals surface area contributed by atoms with E-state index in [4.69, 9.17) is 9.84 Å². The number of carbonyl (C=O) groups excluding carboxylic acids is 1. The van der Waals surface area contributed by atoms with Crippen molar-refractivity contribution in [3.05, 3.63) is 39.4 Å². The molecule has 1 heterocycles. The summed E-state index contributed by atoms with van der Waals surface area (Å²) in [5.74, 6) is -2.02. The standard InChI is InChI=1S/C16H20N2O8S/c19-15(20)13-4-3-12(18(22)23)11-14(13)16(21)26-8-2-1-5-17-6-9-27(24,25)10-7-17/h3-4,11H,1-2,5-10H2,(H,19,20). The molecule has 11 heteroatoms. The molecule has 0 aromatic heterocycles. The molecule has 10 nitrogen and oxygen atoms in total. The van der Waals surface area contributed by atoms with Crippen LogP contribution in [0.15, 0.2) is 18.2 Å². The van der Waals surface area contributed by atoms with Gasteiger partial charge in [-0.2, -0.15) is 0 Å². The van der Waals surface area contributed by atoms with Gasteiger partial charge in [0.25, 0.3) is 5.69 Å². The third-order valence-electron chi connectivity index (χ3n) is 4.20. The number of non-ortho nitro benzene ring substituents is 1. The number of ether oxygens (including phenoxy) is 1. The highest BCUT2D eigenvalue weighted by Gasteiger charge is 2.22. The molecule has 1 aromatic carbocycles. The summed E-state index contributed by atoms with van der Waals surface area (Å²) >= 11 is 0. The number of rotatable bonds is 8. The summed E-state index contributed by atoms with van der Waals surface area (Å²) in [5, 5.41) is 19.9. The minimum absolute atomic E-state index is 0.0344. The number of hydrogen-bond acceptors (Lipinski definition) is 8. The quantitative estimate of drug-likeness (QED) is 0.292. The summed E-state index contributed by atoms with van der Waals surface area (Å²) < 4.78 is 27.7. The molecular weight excluding hydrogens is 380 g/mol. The number of carboxylic acids is 1. The molecule has 1 aliphatic heterocycles. The van der Waals surface area contributed by atoms with Crippen molar-refractivity contribution in [3.63, 3.8) is 0 Å². The summed E-state index contributed by atoms with van der Waals surface area (Å²) in [6, 6.07) is 2.90. The number of unbranched alkanes of at least 4 members (excludes halogenated alkanes) is 1. The molecule has 1 N–H and O–H groups in total. The van der Waals surface area contributed by atoms with Crippen LogP contribution in [0.2, 0.25) is 0 Å². The van der Waals surface area contributed by atoms with Crippen LogP contribution in [-0.4, -0.2) is 73.0 Å². The lowest BCUT2D eigenvalue weighted by Crippen LogP contribution is -2.40. The van der Waals surface area contributed by atoms with Crippen LogP contribution in [0.3, 0.4) is 0 Å². The molecule has 0 bridgehead atoms. The van der Waals surface area contributed by atoms with E-state index in [1.54, 1.807) is 0 Å². The lowest BCUT2D eigenvalue weighted by Gasteiger charge is -2.26. The van der Waals surface area contributed by atoms with E-state index in [-0.39, 0.29) is 29.2 Å². The highest BCUT2D eigenvalue weighted by atomic mass is 32.2. The third kappa shape index (κ3) is 6.00. The first kappa shape index (κ1) is 20.8. The molecule has 1 aliphatic rings. The van der Waals surface area contributed by atoms with Crippen LogP contribution in [-0.2, 0) is 14.6 Å². The molecule has 0 unspecified atom stereocenters. The number of esters is 1. The predicted molar refractivity (Wildman–Crippen MR) is 94.7 cm³/mol. The number of aromatic carboxylic acids is 1. The van der Waals surface area contributed by atoms with Crippen molar-refractivity contribution in [1.82, 2.24) is 4.90 Å². The number of nitro groups is 1. The van der Waals surface area contributed by atoms with Crippen LogP contribution in [0.25, 0.3) is 0 Å². The summed E-state index contributed by atoms with van der Waals surface area (Å²) in [7, 11) is -2.92. The Balaban J connectivity index is 1.82. The zero-order valence-corrected chi connectivity index (χ0v) is 15.3. The number of benzene rings is 1. The third-order valence-corrected chi connectivity index (χ3v) is 5.81. The van der Waals surface area contributed by atoms with Crippen LogP contribution in [0.1, 0.15) is 33.6 Å². The smallest absolute Gasteiger partial charge is 0.339 e. The Labute approximate surface area is 155 Å². The van der Waals surface area contributed by atoms with Crippen LogP contribution in [0, 0.1) is 10.1 Å². The van der Waals surface area contributed by atoms with E-state index in [9.17, 15) is 28.1 Å². The first-order chi connectivity index (χ1) is 12.7. The van der Waals surface area contributed by atoms with Gasteiger partial charge in [-0.25, -0.2) is 18.0 Å². The van der Waals surface area contributed by atoms with Crippen molar-refractivity contribution in [2.45, 2.75) is 12.8 Å². The first-order valence-electron chi connectivity index (χ1n) is 8.31. The predicted octanol–water partition coefficient (Wildman–Crippen LogP) is 0.960. The number of nitrogens with zero attached hydrogens (tertiary/aromatic N) is 2. The molecule has 0 atom stereocenters. The van der Waals surface area contributed by atoms with Gasteiger partial charge in [-0.3, -0.25) is 10.1 Å². The van der Waals surface area contributed by atoms with Gasteiger partial charge in [0.1, 0.15) is 0 Å². The van der Waals surface area contributed by atoms with Gasteiger partial charge in [-0.1, -0.05) is 0 Å². The highest BCUT2D eigenvalue weighted by molar-refractivity contribution is 7.91. The Hall–Kier alpha value is -2.53. The van der Waals surface area contributed by atoms with Crippen LogP contribution < -0.4 is 0 Å². The fourth-order valence-electron chi connectivity index (χ4n) is 2.66. The van der Waals surface area contributed by atoms with Crippen molar-refractivity contribution in [2.24, 2.45) is 0 Å². The summed E-state index contributed by atoms with van der Waals surface area (Å²) in [6.45, 7) is 1.67. The molecule has 0 saturated carbocycles. The van der Waals surface area contributed by atoms with E-state index in [1.807, 2.05) is 4.90 Å². The molecule has 0 aliphatic carbocycles. The lowest BCUT2D eigenvalue weighted by molar-refractivity contribution is -0.384. The van der Waals surface area contributed by atoms with Crippen molar-refractivity contribution in [2.75, 3.05) is 37.7 Å². The second-order valence-electron chi connectivity index (χ2n) is 6.13. The Kier molecular flexibility index (Phi) is 6.86. The summed E-state index contributed by atoms with van der Waals surface area (Å²) in [5.41, 5.74) is -1.12. The fraction of sp³-hybridized carbons (Fsp3) is 0.500. The van der Waals surface area contributed by atoms with Crippen molar-refractivity contribution < 1.29 is 32.8 Å². The second kappa shape index (κ2) is 8.91. The first-order valence-corrected chi connectivity index (χ1v) is 10.1. The number of carbonyl (C=O) groups is 2. The van der Waals surface area contributed by atoms with Crippen LogP contribution >= 0.6 is 0 Å². The summed E-state index contributed by atoms with van der Waals surface area (Å²) in [6.07, 6.45) is 1.18. The molecule has 148 valence electrons. The van der Waals surface area contributed by atoms with E-state index in [2.05, 4.69) is 0 Å². The largest absolute Gasteiger partial charge is 0.478 e. The molecule has 1 saturated heterocycles. The Morgan fingerprint density at radius 3 is 2.44 bits per heavy atom. The van der Waals surface area contributed by atoms with E-state index in [1.165, 1.54) is 0 Å². The normalized spacial score (nSPS) is 16.6. The molecular formula is C16H20N2O8S. The van der Waals surface area contributed by atoms with Gasteiger partial charge in [0.15, 0.2) is 9.84 Å². The van der Waals surface area contributed by atoms with Crippen molar-refractivity contribution in [1.29, 1.82) is 0 Å². The average Bonchev–Trinajstić information content (AvgIpc) is 2.61. The van der Waals surface area contributed by atoms with Gasteiger partial charge >= 0.3 is 11.9 Å². The van der Waals surface area contributed by atoms with E-state index < -0.39 is 32.4 Å². The maximum Gasteiger partial charge on any atom is 0.339 e. The van der Waals surface area contributed by atoms with Crippen molar-refractivity contribution >= 4 is 27.5 Å². The second-order valence-corrected chi connectivity index (χ2v) is 8.43. The van der Waals surface area contributed by atoms with Crippen molar-refractivity contribution in [3.8, 4) is 0 Å². The van der Waals surface area contributed by atoms with Gasteiger partial charge in [0, 0.05) is 25.2 Å². The average molecular weight is 400 g/mol. The highest BCUT2D eigenvalue weighted by Crippen LogP contribution is 2.19. The van der Waals surface area contributed by atoms with E-state index >= 15 is 0 Å².